The molecule has 2 heterocycles. The smallest absolute Gasteiger partial charge is 0.410 e. The summed E-state index contributed by atoms with van der Waals surface area (Å²) in [6, 6.07) is 20.5. The highest BCUT2D eigenvalue weighted by Gasteiger charge is 2.44. The van der Waals surface area contributed by atoms with E-state index in [1.165, 1.54) is 0 Å². The maximum absolute atomic E-state index is 13.0. The normalized spacial score (nSPS) is 16.8. The minimum Gasteiger partial charge on any atom is -0.439 e. The SMILES string of the molecule is CCC1(CNC(=O)c2ccc(-c3nc4cc(C#N)cc(C(C)C)c4o3)cc2)CN(Cc2ccccc2Br)C(=O)O1. The first-order valence-electron chi connectivity index (χ1n) is 13.2. The van der Waals surface area contributed by atoms with Crippen LogP contribution in [0.4, 0.5) is 4.79 Å². The lowest BCUT2D eigenvalue weighted by molar-refractivity contribution is 0.0503. The van der Waals surface area contributed by atoms with Crippen LogP contribution in [0.3, 0.4) is 0 Å². The second kappa shape index (κ2) is 11.1. The van der Waals surface area contributed by atoms with Gasteiger partial charge in [-0.3, -0.25) is 9.69 Å². The number of carbonyl (C=O) groups excluding carboxylic acids is 2. The summed E-state index contributed by atoms with van der Waals surface area (Å²) in [6.07, 6.45) is 0.172. The van der Waals surface area contributed by atoms with Crippen molar-refractivity contribution in [3.8, 4) is 17.5 Å². The molecule has 40 heavy (non-hydrogen) atoms. The predicted octanol–water partition coefficient (Wildman–Crippen LogP) is 6.78. The summed E-state index contributed by atoms with van der Waals surface area (Å²) in [5.41, 5.74) is 4.13. The Morgan fingerprint density at radius 1 is 1.20 bits per heavy atom. The number of aromatic nitrogens is 1. The summed E-state index contributed by atoms with van der Waals surface area (Å²) >= 11 is 3.53. The second-order valence-electron chi connectivity index (χ2n) is 10.3. The lowest BCUT2D eigenvalue weighted by Gasteiger charge is -2.25. The van der Waals surface area contributed by atoms with Gasteiger partial charge < -0.3 is 14.5 Å². The van der Waals surface area contributed by atoms with Crippen LogP contribution in [0.5, 0.6) is 0 Å². The number of carbonyl (C=O) groups is 2. The largest absolute Gasteiger partial charge is 0.439 e. The van der Waals surface area contributed by atoms with Crippen LogP contribution in [0.2, 0.25) is 0 Å². The molecule has 4 aromatic rings. The number of cyclic esters (lactones) is 1. The lowest BCUT2D eigenvalue weighted by atomic mass is 10.00. The van der Waals surface area contributed by atoms with Crippen molar-refractivity contribution in [1.29, 1.82) is 5.26 Å². The van der Waals surface area contributed by atoms with Crippen molar-refractivity contribution < 1.29 is 18.7 Å². The van der Waals surface area contributed by atoms with Gasteiger partial charge in [-0.1, -0.05) is 54.9 Å². The number of benzene rings is 3. The molecule has 0 saturated carbocycles. The van der Waals surface area contributed by atoms with E-state index in [9.17, 15) is 14.9 Å². The summed E-state index contributed by atoms with van der Waals surface area (Å²) in [6.45, 7) is 7.03. The third-order valence-corrected chi connectivity index (χ3v) is 8.01. The molecular formula is C31H29BrN4O4. The van der Waals surface area contributed by atoms with E-state index in [4.69, 9.17) is 9.15 Å². The second-order valence-corrected chi connectivity index (χ2v) is 11.2. The van der Waals surface area contributed by atoms with E-state index in [0.29, 0.717) is 47.6 Å². The maximum Gasteiger partial charge on any atom is 0.410 e. The van der Waals surface area contributed by atoms with Crippen LogP contribution in [0.1, 0.15) is 60.2 Å². The molecule has 1 fully saturated rings. The number of nitrogens with one attached hydrogen (secondary N) is 1. The summed E-state index contributed by atoms with van der Waals surface area (Å²) in [5.74, 6) is 0.324. The van der Waals surface area contributed by atoms with Crippen molar-refractivity contribution in [1.82, 2.24) is 15.2 Å². The number of hydrogen-bond donors (Lipinski definition) is 1. The third-order valence-electron chi connectivity index (χ3n) is 7.24. The Kier molecular flexibility index (Phi) is 7.63. The van der Waals surface area contributed by atoms with Gasteiger partial charge in [0.15, 0.2) is 5.58 Å². The molecule has 2 amide bonds. The minimum absolute atomic E-state index is 0.167. The first kappa shape index (κ1) is 27.4. The van der Waals surface area contributed by atoms with Crippen molar-refractivity contribution in [3.05, 3.63) is 87.4 Å². The van der Waals surface area contributed by atoms with E-state index < -0.39 is 11.7 Å². The highest BCUT2D eigenvalue weighted by Crippen LogP contribution is 2.32. The number of fused-ring (bicyclic) bond motifs is 1. The number of hydrogen-bond acceptors (Lipinski definition) is 6. The molecule has 1 atom stereocenters. The molecule has 0 radical (unpaired) electrons. The first-order chi connectivity index (χ1) is 19.2. The molecule has 1 saturated heterocycles. The van der Waals surface area contributed by atoms with Gasteiger partial charge in [-0.05, 0) is 60.4 Å². The van der Waals surface area contributed by atoms with Crippen LogP contribution in [-0.4, -0.2) is 40.6 Å². The van der Waals surface area contributed by atoms with E-state index in [0.717, 1.165) is 21.2 Å². The van der Waals surface area contributed by atoms with Crippen molar-refractivity contribution in [2.75, 3.05) is 13.1 Å². The molecule has 204 valence electrons. The average molecular weight is 602 g/mol. The number of amides is 2. The fraction of sp³-hybridized carbons (Fsp3) is 0.290. The average Bonchev–Trinajstić information content (AvgIpc) is 3.53. The molecule has 3 aromatic carbocycles. The zero-order chi connectivity index (χ0) is 28.4. The van der Waals surface area contributed by atoms with E-state index in [1.54, 1.807) is 35.2 Å². The summed E-state index contributed by atoms with van der Waals surface area (Å²) in [7, 11) is 0. The van der Waals surface area contributed by atoms with Gasteiger partial charge in [0.25, 0.3) is 5.91 Å². The molecule has 8 nitrogen and oxygen atoms in total. The number of rotatable bonds is 8. The number of oxazole rings is 1. The molecule has 0 bridgehead atoms. The summed E-state index contributed by atoms with van der Waals surface area (Å²) in [4.78, 5) is 31.9. The van der Waals surface area contributed by atoms with Gasteiger partial charge >= 0.3 is 6.09 Å². The highest BCUT2D eigenvalue weighted by atomic mass is 79.9. The highest BCUT2D eigenvalue weighted by molar-refractivity contribution is 9.10. The fourth-order valence-corrected chi connectivity index (χ4v) is 5.24. The Bertz CT molecular complexity index is 1620. The molecule has 1 aliphatic heterocycles. The van der Waals surface area contributed by atoms with Gasteiger partial charge in [0.1, 0.15) is 11.1 Å². The summed E-state index contributed by atoms with van der Waals surface area (Å²) in [5, 5.41) is 12.3. The monoisotopic (exact) mass is 600 g/mol. The molecule has 1 N–H and O–H groups in total. The van der Waals surface area contributed by atoms with Crippen molar-refractivity contribution >= 4 is 39.0 Å². The van der Waals surface area contributed by atoms with Crippen LogP contribution in [0.15, 0.2) is 69.6 Å². The summed E-state index contributed by atoms with van der Waals surface area (Å²) < 4.78 is 12.8. The van der Waals surface area contributed by atoms with Crippen LogP contribution in [0.25, 0.3) is 22.6 Å². The Morgan fingerprint density at radius 3 is 2.62 bits per heavy atom. The number of ether oxygens (including phenoxy) is 1. The van der Waals surface area contributed by atoms with Crippen LogP contribution < -0.4 is 5.32 Å². The third kappa shape index (κ3) is 5.45. The van der Waals surface area contributed by atoms with Crippen molar-refractivity contribution in [2.45, 2.75) is 45.3 Å². The van der Waals surface area contributed by atoms with Crippen LogP contribution >= 0.6 is 15.9 Å². The molecule has 1 aliphatic rings. The van der Waals surface area contributed by atoms with Gasteiger partial charge in [0.2, 0.25) is 5.89 Å². The Labute approximate surface area is 241 Å². The fourth-order valence-electron chi connectivity index (χ4n) is 4.83. The molecule has 0 aliphatic carbocycles. The van der Waals surface area contributed by atoms with Crippen LogP contribution in [0, 0.1) is 11.3 Å². The van der Waals surface area contributed by atoms with E-state index in [1.807, 2.05) is 51.1 Å². The Morgan fingerprint density at radius 2 is 1.95 bits per heavy atom. The molecular weight excluding hydrogens is 572 g/mol. The molecule has 9 heteroatoms. The quantitative estimate of drug-likeness (QED) is 0.239. The number of halogens is 1. The van der Waals surface area contributed by atoms with E-state index in [2.05, 4.69) is 32.3 Å². The lowest BCUT2D eigenvalue weighted by Crippen LogP contribution is -2.45. The van der Waals surface area contributed by atoms with Gasteiger partial charge in [0, 0.05) is 21.2 Å². The Hall–Kier alpha value is -4.16. The van der Waals surface area contributed by atoms with Gasteiger partial charge in [-0.15, -0.1) is 0 Å². The zero-order valence-electron chi connectivity index (χ0n) is 22.5. The standard InChI is InChI=1S/C31H29BrN4O4/c1-4-31(18-36(30(38)40-31)16-23-7-5-6-8-25(23)32)17-34-28(37)21-9-11-22(12-10-21)29-35-26-14-20(15-33)13-24(19(2)3)27(26)39-29/h5-14,19H,4,16-18H2,1-3H3,(H,34,37). The molecule has 1 aromatic heterocycles. The topological polar surface area (TPSA) is 108 Å². The molecule has 1 unspecified atom stereocenters. The molecule has 0 spiro atoms. The van der Waals surface area contributed by atoms with Crippen LogP contribution in [-0.2, 0) is 11.3 Å². The van der Waals surface area contributed by atoms with Crippen molar-refractivity contribution in [2.24, 2.45) is 0 Å². The van der Waals surface area contributed by atoms with Gasteiger partial charge in [-0.25, -0.2) is 9.78 Å². The number of nitrogens with zero attached hydrogens (tertiary/aromatic N) is 3. The maximum atomic E-state index is 13.0. The van der Waals surface area contributed by atoms with E-state index in [-0.39, 0.29) is 18.4 Å². The van der Waals surface area contributed by atoms with Gasteiger partial charge in [0.05, 0.1) is 31.3 Å². The molecule has 5 rings (SSSR count). The zero-order valence-corrected chi connectivity index (χ0v) is 24.1. The predicted molar refractivity (Wildman–Crippen MR) is 155 cm³/mol. The first-order valence-corrected chi connectivity index (χ1v) is 14.0. The van der Waals surface area contributed by atoms with E-state index >= 15 is 0 Å². The number of nitriles is 1. The van der Waals surface area contributed by atoms with Gasteiger partial charge in [-0.2, -0.15) is 5.26 Å². The minimum atomic E-state index is -0.803. The Balaban J connectivity index is 1.27. The van der Waals surface area contributed by atoms with Crippen molar-refractivity contribution in [3.63, 3.8) is 0 Å².